The number of rotatable bonds is 6. The highest BCUT2D eigenvalue weighted by Crippen LogP contribution is 2.26. The molecule has 0 spiro atoms. The molecule has 0 amide bonds. The number of terminal acetylenes is 1. The second-order valence-electron chi connectivity index (χ2n) is 4.52. The number of aromatic nitrogens is 4. The molecule has 2 heterocycles. The zero-order chi connectivity index (χ0) is 17.2. The topological polar surface area (TPSA) is 139 Å². The van der Waals surface area contributed by atoms with Crippen LogP contribution in [0.1, 0.15) is 6.23 Å². The number of alkyl halides is 2. The number of ether oxygens (including phenoxy) is 1. The largest absolute Gasteiger partial charge is 0.390 e. The number of aliphatic hydroxyl groups is 2. The second kappa shape index (κ2) is 6.29. The van der Waals surface area contributed by atoms with Crippen molar-refractivity contribution in [2.24, 2.45) is 0 Å². The number of imidazole rings is 1. The molecule has 2 rings (SSSR count). The number of halogens is 2. The first kappa shape index (κ1) is 16.8. The van der Waals surface area contributed by atoms with E-state index in [9.17, 15) is 18.7 Å². The molecule has 2 aromatic rings. The Morgan fingerprint density at radius 1 is 1.65 bits per heavy atom. The average Bonchev–Trinajstić information content (AvgIpc) is 2.95. The minimum absolute atomic E-state index is 0.163. The number of nitrogens with one attached hydrogen (secondary N) is 1. The van der Waals surface area contributed by atoms with Crippen molar-refractivity contribution in [2.75, 3.05) is 19.0 Å². The predicted octanol–water partition coefficient (Wildman–Crippen LogP) is -1.16. The first-order valence-electron chi connectivity index (χ1n) is 6.26. The second-order valence-corrected chi connectivity index (χ2v) is 4.52. The quantitative estimate of drug-likeness (QED) is 0.490. The molecule has 3 atom stereocenters. The fourth-order valence-electron chi connectivity index (χ4n) is 1.86. The number of fused-ring (bicyclic) bond motifs is 1. The summed E-state index contributed by atoms with van der Waals surface area (Å²) in [7, 11) is 0. The number of hydrogen-bond acceptors (Lipinski definition) is 7. The van der Waals surface area contributed by atoms with Gasteiger partial charge >= 0.3 is 0 Å². The van der Waals surface area contributed by atoms with E-state index in [1.54, 1.807) is 5.92 Å². The molecule has 0 bridgehead atoms. The molecular weight excluding hydrogens is 316 g/mol. The maximum Gasteiger partial charge on any atom is 0.280 e. The SMILES string of the molecule is C#C[C@H](O)[C@@](F)(CO)OC(CF)n1cnc2c(=O)[nH]c(N)nc21. The lowest BCUT2D eigenvalue weighted by Crippen LogP contribution is -2.45. The molecule has 5 N–H and O–H groups in total. The lowest BCUT2D eigenvalue weighted by Gasteiger charge is -2.29. The van der Waals surface area contributed by atoms with Crippen LogP contribution in [0.25, 0.3) is 11.2 Å². The van der Waals surface area contributed by atoms with Gasteiger partial charge in [-0.25, -0.2) is 13.8 Å². The summed E-state index contributed by atoms with van der Waals surface area (Å²) in [5.74, 6) is -1.74. The van der Waals surface area contributed by atoms with Crippen LogP contribution < -0.4 is 11.3 Å². The van der Waals surface area contributed by atoms with Crippen molar-refractivity contribution in [2.45, 2.75) is 18.2 Å². The van der Waals surface area contributed by atoms with Crippen LogP contribution >= 0.6 is 0 Å². The van der Waals surface area contributed by atoms with Crippen LogP contribution in [-0.2, 0) is 4.74 Å². The minimum Gasteiger partial charge on any atom is -0.390 e. The van der Waals surface area contributed by atoms with Gasteiger partial charge in [-0.1, -0.05) is 5.92 Å². The van der Waals surface area contributed by atoms with E-state index in [-0.39, 0.29) is 17.1 Å². The van der Waals surface area contributed by atoms with E-state index >= 15 is 0 Å². The van der Waals surface area contributed by atoms with Gasteiger partial charge in [0.05, 0.1) is 6.33 Å². The van der Waals surface area contributed by atoms with E-state index in [0.29, 0.717) is 0 Å². The Morgan fingerprint density at radius 2 is 2.35 bits per heavy atom. The van der Waals surface area contributed by atoms with Crippen molar-refractivity contribution in [1.29, 1.82) is 0 Å². The van der Waals surface area contributed by atoms with E-state index in [4.69, 9.17) is 22.0 Å². The molecule has 0 aromatic carbocycles. The monoisotopic (exact) mass is 329 g/mol. The van der Waals surface area contributed by atoms with Gasteiger partial charge in [0, 0.05) is 0 Å². The molecule has 0 aliphatic heterocycles. The van der Waals surface area contributed by atoms with Gasteiger partial charge in [0.1, 0.15) is 13.3 Å². The summed E-state index contributed by atoms with van der Waals surface area (Å²) in [6.45, 7) is -2.61. The molecule has 0 fully saturated rings. The van der Waals surface area contributed by atoms with Crippen LogP contribution in [0.15, 0.2) is 11.1 Å². The van der Waals surface area contributed by atoms with Gasteiger partial charge < -0.3 is 20.7 Å². The number of nitrogens with two attached hydrogens (primary N) is 1. The molecule has 23 heavy (non-hydrogen) atoms. The molecule has 0 saturated heterocycles. The third-order valence-electron chi connectivity index (χ3n) is 3.01. The summed E-state index contributed by atoms with van der Waals surface area (Å²) >= 11 is 0. The van der Waals surface area contributed by atoms with Crippen LogP contribution in [0, 0.1) is 12.3 Å². The molecule has 2 aromatic heterocycles. The van der Waals surface area contributed by atoms with Gasteiger partial charge in [0.25, 0.3) is 11.4 Å². The van der Waals surface area contributed by atoms with Crippen molar-refractivity contribution in [1.82, 2.24) is 19.5 Å². The van der Waals surface area contributed by atoms with Crippen LogP contribution in [-0.4, -0.2) is 55.0 Å². The summed E-state index contributed by atoms with van der Waals surface area (Å²) in [4.78, 5) is 21.3. The first-order chi connectivity index (χ1) is 10.9. The Balaban J connectivity index is 2.47. The number of anilines is 1. The number of aliphatic hydroxyl groups excluding tert-OH is 2. The van der Waals surface area contributed by atoms with E-state index in [1.165, 1.54) is 0 Å². The van der Waals surface area contributed by atoms with Crippen molar-refractivity contribution in [3.63, 3.8) is 0 Å². The molecule has 0 radical (unpaired) electrons. The van der Waals surface area contributed by atoms with Gasteiger partial charge in [-0.05, 0) is 0 Å². The fraction of sp³-hybridized carbons (Fsp3) is 0.417. The van der Waals surface area contributed by atoms with Crippen LogP contribution in [0.4, 0.5) is 14.7 Å². The van der Waals surface area contributed by atoms with Crippen molar-refractivity contribution >= 4 is 17.1 Å². The van der Waals surface area contributed by atoms with Crippen LogP contribution in [0.3, 0.4) is 0 Å². The van der Waals surface area contributed by atoms with Crippen LogP contribution in [0.5, 0.6) is 0 Å². The van der Waals surface area contributed by atoms with Crippen LogP contribution in [0.2, 0.25) is 0 Å². The molecule has 9 nitrogen and oxygen atoms in total. The van der Waals surface area contributed by atoms with Gasteiger partial charge in [0.2, 0.25) is 5.95 Å². The summed E-state index contributed by atoms with van der Waals surface area (Å²) in [5, 5.41) is 18.4. The highest BCUT2D eigenvalue weighted by Gasteiger charge is 2.41. The van der Waals surface area contributed by atoms with Gasteiger partial charge in [-0.2, -0.15) is 4.98 Å². The maximum absolute atomic E-state index is 14.3. The van der Waals surface area contributed by atoms with Crippen molar-refractivity contribution in [3.05, 3.63) is 16.7 Å². The Kier molecular flexibility index (Phi) is 4.60. The van der Waals surface area contributed by atoms with E-state index < -0.39 is 37.0 Å². The van der Waals surface area contributed by atoms with Crippen molar-refractivity contribution in [3.8, 4) is 12.3 Å². The Bertz CT molecular complexity index is 801. The number of aromatic amines is 1. The van der Waals surface area contributed by atoms with E-state index in [2.05, 4.69) is 15.0 Å². The zero-order valence-electron chi connectivity index (χ0n) is 11.6. The zero-order valence-corrected chi connectivity index (χ0v) is 11.6. The molecule has 11 heteroatoms. The highest BCUT2D eigenvalue weighted by molar-refractivity contribution is 5.70. The molecule has 0 saturated carbocycles. The predicted molar refractivity (Wildman–Crippen MR) is 74.4 cm³/mol. The fourth-order valence-corrected chi connectivity index (χ4v) is 1.86. The normalized spacial score (nSPS) is 16.7. The molecule has 1 unspecified atom stereocenters. The van der Waals surface area contributed by atoms with E-state index in [1.807, 2.05) is 0 Å². The average molecular weight is 329 g/mol. The Hall–Kier alpha value is -2.55. The number of hydrogen-bond donors (Lipinski definition) is 4. The summed E-state index contributed by atoms with van der Waals surface area (Å²) in [6, 6.07) is 0. The highest BCUT2D eigenvalue weighted by atomic mass is 19.2. The Morgan fingerprint density at radius 3 is 2.91 bits per heavy atom. The van der Waals surface area contributed by atoms with Gasteiger partial charge in [0.15, 0.2) is 23.5 Å². The Labute approximate surface area is 127 Å². The molecule has 0 aliphatic carbocycles. The summed E-state index contributed by atoms with van der Waals surface area (Å²) < 4.78 is 33.3. The lowest BCUT2D eigenvalue weighted by atomic mass is 10.2. The maximum atomic E-state index is 14.3. The smallest absolute Gasteiger partial charge is 0.280 e. The summed E-state index contributed by atoms with van der Waals surface area (Å²) in [6.07, 6.45) is 2.02. The summed E-state index contributed by atoms with van der Waals surface area (Å²) in [5.41, 5.74) is 4.38. The van der Waals surface area contributed by atoms with Gasteiger partial charge in [-0.3, -0.25) is 14.3 Å². The lowest BCUT2D eigenvalue weighted by molar-refractivity contribution is -0.254. The molecule has 0 aliphatic rings. The third kappa shape index (κ3) is 3.00. The third-order valence-corrected chi connectivity index (χ3v) is 3.01. The van der Waals surface area contributed by atoms with E-state index in [0.717, 1.165) is 10.9 Å². The standard InChI is InChI=1S/C12H13F2N5O4/c1-2-6(21)12(14,4-20)23-7(3-13)19-5-16-8-9(19)17-11(15)18-10(8)22/h1,5-7,20-21H,3-4H2,(H3,15,17,18,22)/t6-,7?,12+/m0/s1. The molecular formula is C12H13F2N5O4. The minimum atomic E-state index is -3.12. The van der Waals surface area contributed by atoms with Gasteiger partial charge in [-0.15, -0.1) is 6.42 Å². The number of H-pyrrole nitrogens is 1. The van der Waals surface area contributed by atoms with Crippen molar-refractivity contribution < 1.29 is 23.7 Å². The first-order valence-corrected chi connectivity index (χ1v) is 6.26. The molecule has 124 valence electrons. The number of nitrogens with zero attached hydrogens (tertiary/aromatic N) is 3. The number of nitrogen functional groups attached to an aromatic ring is 1.